The molecule has 2 rings (SSSR count). The van der Waals surface area contributed by atoms with E-state index in [0.717, 1.165) is 20.8 Å². The summed E-state index contributed by atoms with van der Waals surface area (Å²) in [5.74, 6) is -0.792. The third-order valence-corrected chi connectivity index (χ3v) is 3.46. The van der Waals surface area contributed by atoms with E-state index in [0.29, 0.717) is 0 Å². The maximum Gasteiger partial charge on any atom is 0.341 e. The summed E-state index contributed by atoms with van der Waals surface area (Å²) >= 11 is 3.39. The van der Waals surface area contributed by atoms with Gasteiger partial charge in [-0.25, -0.2) is 4.79 Å². The molecule has 0 heterocycles. The van der Waals surface area contributed by atoms with Crippen LogP contribution >= 0.6 is 15.9 Å². The molecule has 4 nitrogen and oxygen atoms in total. The van der Waals surface area contributed by atoms with E-state index in [4.69, 9.17) is 9.47 Å². The molecular formula is C15H13BrO4. The molecule has 0 radical (unpaired) electrons. The SMILES string of the molecule is COC(=O)c1c(OC(C)=O)cc2cc(Br)ccc2c1C. The van der Waals surface area contributed by atoms with Crippen LogP contribution in [-0.4, -0.2) is 19.0 Å². The first-order chi connectivity index (χ1) is 9.43. The molecule has 0 aliphatic heterocycles. The summed E-state index contributed by atoms with van der Waals surface area (Å²) in [6.45, 7) is 3.09. The largest absolute Gasteiger partial charge is 0.465 e. The van der Waals surface area contributed by atoms with Crippen LogP contribution < -0.4 is 4.74 Å². The number of carbonyl (C=O) groups is 2. The van der Waals surface area contributed by atoms with Gasteiger partial charge in [0.25, 0.3) is 0 Å². The molecule has 0 unspecified atom stereocenters. The second-order valence-corrected chi connectivity index (χ2v) is 5.24. The zero-order valence-electron chi connectivity index (χ0n) is 11.3. The normalized spacial score (nSPS) is 10.4. The summed E-state index contributed by atoms with van der Waals surface area (Å²) in [6, 6.07) is 7.36. The van der Waals surface area contributed by atoms with Crippen molar-refractivity contribution in [1.82, 2.24) is 0 Å². The average molecular weight is 337 g/mol. The molecule has 0 fully saturated rings. The molecule has 104 valence electrons. The Balaban J connectivity index is 2.78. The van der Waals surface area contributed by atoms with Crippen molar-refractivity contribution < 1.29 is 19.1 Å². The van der Waals surface area contributed by atoms with Gasteiger partial charge in [-0.1, -0.05) is 22.0 Å². The molecule has 0 spiro atoms. The number of aryl methyl sites for hydroxylation is 1. The van der Waals surface area contributed by atoms with Gasteiger partial charge in [-0.15, -0.1) is 0 Å². The van der Waals surface area contributed by atoms with Gasteiger partial charge in [-0.3, -0.25) is 4.79 Å². The van der Waals surface area contributed by atoms with Crippen molar-refractivity contribution in [2.24, 2.45) is 0 Å². The Morgan fingerprint density at radius 3 is 2.50 bits per heavy atom. The minimum atomic E-state index is -0.524. The molecule has 2 aromatic carbocycles. The third-order valence-electron chi connectivity index (χ3n) is 2.97. The predicted molar refractivity (Wildman–Crippen MR) is 79.0 cm³/mol. The number of esters is 2. The van der Waals surface area contributed by atoms with Crippen LogP contribution in [-0.2, 0) is 9.53 Å². The number of benzene rings is 2. The Kier molecular flexibility index (Phi) is 4.09. The van der Waals surface area contributed by atoms with E-state index < -0.39 is 11.9 Å². The minimum Gasteiger partial charge on any atom is -0.465 e. The summed E-state index contributed by atoms with van der Waals surface area (Å²) in [5, 5.41) is 1.78. The lowest BCUT2D eigenvalue weighted by atomic mass is 9.99. The van der Waals surface area contributed by atoms with Gasteiger partial charge in [0.2, 0.25) is 0 Å². The lowest BCUT2D eigenvalue weighted by Crippen LogP contribution is -2.11. The molecule has 0 saturated carbocycles. The molecule has 20 heavy (non-hydrogen) atoms. The highest BCUT2D eigenvalue weighted by atomic mass is 79.9. The minimum absolute atomic E-state index is 0.215. The molecule has 0 saturated heterocycles. The second-order valence-electron chi connectivity index (χ2n) is 4.33. The van der Waals surface area contributed by atoms with Gasteiger partial charge < -0.3 is 9.47 Å². The Hall–Kier alpha value is -1.88. The number of rotatable bonds is 2. The third kappa shape index (κ3) is 2.67. The number of hydrogen-bond acceptors (Lipinski definition) is 4. The van der Waals surface area contributed by atoms with E-state index in [9.17, 15) is 9.59 Å². The highest BCUT2D eigenvalue weighted by molar-refractivity contribution is 9.10. The van der Waals surface area contributed by atoms with Crippen molar-refractivity contribution in [3.05, 3.63) is 39.9 Å². The molecule has 0 bridgehead atoms. The number of ether oxygens (including phenoxy) is 2. The van der Waals surface area contributed by atoms with Crippen molar-refractivity contribution in [2.45, 2.75) is 13.8 Å². The van der Waals surface area contributed by atoms with Gasteiger partial charge >= 0.3 is 11.9 Å². The highest BCUT2D eigenvalue weighted by Gasteiger charge is 2.20. The highest BCUT2D eigenvalue weighted by Crippen LogP contribution is 2.32. The number of fused-ring (bicyclic) bond motifs is 1. The van der Waals surface area contributed by atoms with Crippen LogP contribution in [0.15, 0.2) is 28.7 Å². The van der Waals surface area contributed by atoms with E-state index in [1.54, 1.807) is 13.0 Å². The monoisotopic (exact) mass is 336 g/mol. The van der Waals surface area contributed by atoms with Crippen LogP contribution in [0.2, 0.25) is 0 Å². The molecule has 5 heteroatoms. The van der Waals surface area contributed by atoms with Crippen molar-refractivity contribution in [3.8, 4) is 5.75 Å². The molecule has 0 atom stereocenters. The van der Waals surface area contributed by atoms with E-state index in [1.165, 1.54) is 14.0 Å². The lowest BCUT2D eigenvalue weighted by molar-refractivity contribution is -0.131. The molecule has 0 N–H and O–H groups in total. The summed E-state index contributed by atoms with van der Waals surface area (Å²) in [6.07, 6.45) is 0. The first-order valence-corrected chi connectivity index (χ1v) is 6.73. The molecule has 0 aliphatic rings. The maximum absolute atomic E-state index is 11.9. The Labute approximate surface area is 124 Å². The smallest absolute Gasteiger partial charge is 0.341 e. The van der Waals surface area contributed by atoms with Gasteiger partial charge in [-0.2, -0.15) is 0 Å². The predicted octanol–water partition coefficient (Wildman–Crippen LogP) is 3.62. The van der Waals surface area contributed by atoms with Crippen molar-refractivity contribution in [3.63, 3.8) is 0 Å². The fourth-order valence-electron chi connectivity index (χ4n) is 2.12. The molecule has 2 aromatic rings. The zero-order valence-corrected chi connectivity index (χ0v) is 12.9. The fourth-order valence-corrected chi connectivity index (χ4v) is 2.50. The first kappa shape index (κ1) is 14.5. The maximum atomic E-state index is 11.9. The number of hydrogen-bond donors (Lipinski definition) is 0. The van der Waals surface area contributed by atoms with Crippen LogP contribution in [0.4, 0.5) is 0 Å². The standard InChI is InChI=1S/C15H13BrO4/c1-8-12-5-4-11(16)6-10(12)7-13(20-9(2)17)14(8)15(18)19-3/h4-7H,1-3H3. The number of methoxy groups -OCH3 is 1. The topological polar surface area (TPSA) is 52.6 Å². The summed E-state index contributed by atoms with van der Waals surface area (Å²) in [4.78, 5) is 23.1. The quantitative estimate of drug-likeness (QED) is 0.620. The average Bonchev–Trinajstić information content (AvgIpc) is 2.37. The zero-order chi connectivity index (χ0) is 14.9. The van der Waals surface area contributed by atoms with Crippen molar-refractivity contribution in [1.29, 1.82) is 0 Å². The Morgan fingerprint density at radius 1 is 1.20 bits per heavy atom. The summed E-state index contributed by atoms with van der Waals surface area (Å²) in [7, 11) is 1.30. The van der Waals surface area contributed by atoms with Crippen LogP contribution in [0.5, 0.6) is 5.75 Å². The number of halogens is 1. The Morgan fingerprint density at radius 2 is 1.90 bits per heavy atom. The van der Waals surface area contributed by atoms with Gasteiger partial charge in [0.15, 0.2) is 0 Å². The van der Waals surface area contributed by atoms with Crippen LogP contribution in [0.25, 0.3) is 10.8 Å². The van der Waals surface area contributed by atoms with Crippen LogP contribution in [0.3, 0.4) is 0 Å². The molecule has 0 aliphatic carbocycles. The summed E-state index contributed by atoms with van der Waals surface area (Å²) in [5.41, 5.74) is 0.996. The number of carbonyl (C=O) groups excluding carboxylic acids is 2. The fraction of sp³-hybridized carbons (Fsp3) is 0.200. The van der Waals surface area contributed by atoms with E-state index in [2.05, 4.69) is 15.9 Å². The molecule has 0 aromatic heterocycles. The van der Waals surface area contributed by atoms with E-state index in [-0.39, 0.29) is 11.3 Å². The van der Waals surface area contributed by atoms with E-state index in [1.807, 2.05) is 18.2 Å². The van der Waals surface area contributed by atoms with E-state index >= 15 is 0 Å². The van der Waals surface area contributed by atoms with Gasteiger partial charge in [0.1, 0.15) is 11.3 Å². The molecular weight excluding hydrogens is 324 g/mol. The van der Waals surface area contributed by atoms with Gasteiger partial charge in [-0.05, 0) is 41.5 Å². The second kappa shape index (κ2) is 5.63. The Bertz CT molecular complexity index is 707. The first-order valence-electron chi connectivity index (χ1n) is 5.93. The van der Waals surface area contributed by atoms with Crippen LogP contribution in [0, 0.1) is 6.92 Å². The van der Waals surface area contributed by atoms with Crippen molar-refractivity contribution in [2.75, 3.05) is 7.11 Å². The molecule has 0 amide bonds. The van der Waals surface area contributed by atoms with Crippen LogP contribution in [0.1, 0.15) is 22.8 Å². The van der Waals surface area contributed by atoms with Gasteiger partial charge in [0, 0.05) is 11.4 Å². The lowest BCUT2D eigenvalue weighted by Gasteiger charge is -2.13. The summed E-state index contributed by atoms with van der Waals surface area (Å²) < 4.78 is 10.8. The van der Waals surface area contributed by atoms with Crippen molar-refractivity contribution >= 4 is 38.6 Å². The van der Waals surface area contributed by atoms with Gasteiger partial charge in [0.05, 0.1) is 7.11 Å².